The van der Waals surface area contributed by atoms with E-state index in [2.05, 4.69) is 20.8 Å². The minimum Gasteiger partial charge on any atom is -0.465 e. The van der Waals surface area contributed by atoms with Gasteiger partial charge in [-0.2, -0.15) is 0 Å². The van der Waals surface area contributed by atoms with E-state index in [9.17, 15) is 9.59 Å². The molecule has 1 aromatic carbocycles. The van der Waals surface area contributed by atoms with Crippen LogP contribution in [0.1, 0.15) is 56.0 Å². The summed E-state index contributed by atoms with van der Waals surface area (Å²) in [6.45, 7) is 7.74. The monoisotopic (exact) mass is 374 g/mol. The van der Waals surface area contributed by atoms with Crippen molar-refractivity contribution in [2.75, 3.05) is 19.7 Å². The molecule has 1 aliphatic carbocycles. The number of nitrogens with zero attached hydrogens (tertiary/aromatic N) is 2. The summed E-state index contributed by atoms with van der Waals surface area (Å²) in [5, 5.41) is 18.1. The average molecular weight is 374 g/mol. The summed E-state index contributed by atoms with van der Waals surface area (Å²) in [4.78, 5) is 27.5. The molecule has 0 spiro atoms. The second-order valence-corrected chi connectivity index (χ2v) is 9.27. The molecule has 0 radical (unpaired) electrons. The highest BCUT2D eigenvalue weighted by Gasteiger charge is 2.50. The number of fused-ring (bicyclic) bond motifs is 2. The topological polar surface area (TPSA) is 81.1 Å². The van der Waals surface area contributed by atoms with E-state index >= 15 is 0 Å². The van der Waals surface area contributed by atoms with Crippen molar-refractivity contribution in [1.29, 1.82) is 0 Å². The molecular formula is C21H30N2O4. The van der Waals surface area contributed by atoms with Gasteiger partial charge in [-0.25, -0.2) is 4.79 Å². The number of aliphatic hydroxyl groups excluding tert-OH is 1. The van der Waals surface area contributed by atoms with E-state index in [1.54, 1.807) is 24.3 Å². The first-order valence-corrected chi connectivity index (χ1v) is 9.61. The Hall–Kier alpha value is -2.08. The van der Waals surface area contributed by atoms with Crippen molar-refractivity contribution >= 4 is 12.0 Å². The fourth-order valence-electron chi connectivity index (χ4n) is 5.20. The van der Waals surface area contributed by atoms with E-state index in [-0.39, 0.29) is 36.4 Å². The number of hydrogen-bond donors (Lipinski definition) is 2. The van der Waals surface area contributed by atoms with Gasteiger partial charge in [0, 0.05) is 31.2 Å². The third-order valence-electron chi connectivity index (χ3n) is 5.89. The van der Waals surface area contributed by atoms with Gasteiger partial charge < -0.3 is 20.0 Å². The molecule has 2 atom stereocenters. The first-order valence-electron chi connectivity index (χ1n) is 9.61. The number of rotatable bonds is 5. The standard InChI is InChI=1S/C21H30N2O4/c1-20(2)10-17-11-21(3,13-20)14-23(17)18(25)16-6-4-15(5-7-16)12-22(8-9-24)19(26)27/h4-7,17,24H,8-14H2,1-3H3,(H,26,27). The van der Waals surface area contributed by atoms with Crippen molar-refractivity contribution in [3.63, 3.8) is 0 Å². The Bertz CT molecular complexity index is 715. The van der Waals surface area contributed by atoms with Crippen LogP contribution in [0.2, 0.25) is 0 Å². The van der Waals surface area contributed by atoms with E-state index < -0.39 is 6.09 Å². The number of carbonyl (C=O) groups excluding carboxylic acids is 1. The minimum atomic E-state index is -1.07. The predicted molar refractivity (Wildman–Crippen MR) is 103 cm³/mol. The highest BCUT2D eigenvalue weighted by Crippen LogP contribution is 2.52. The summed E-state index contributed by atoms with van der Waals surface area (Å²) in [5.74, 6) is 0.0680. The van der Waals surface area contributed by atoms with Crippen molar-refractivity contribution in [3.05, 3.63) is 35.4 Å². The lowest BCUT2D eigenvalue weighted by Crippen LogP contribution is -2.37. The Morgan fingerprint density at radius 3 is 2.44 bits per heavy atom. The second kappa shape index (κ2) is 7.15. The Morgan fingerprint density at radius 1 is 1.19 bits per heavy atom. The molecule has 1 heterocycles. The van der Waals surface area contributed by atoms with Gasteiger partial charge in [-0.15, -0.1) is 0 Å². The molecule has 1 aliphatic heterocycles. The van der Waals surface area contributed by atoms with Crippen molar-refractivity contribution in [2.45, 2.75) is 52.6 Å². The highest BCUT2D eigenvalue weighted by atomic mass is 16.4. The molecule has 0 aromatic heterocycles. The lowest BCUT2D eigenvalue weighted by Gasteiger charge is -2.39. The number of carbonyl (C=O) groups is 2. The molecule has 2 fully saturated rings. The Morgan fingerprint density at radius 2 is 1.85 bits per heavy atom. The quantitative estimate of drug-likeness (QED) is 0.829. The Balaban J connectivity index is 1.70. The van der Waals surface area contributed by atoms with Crippen LogP contribution in [-0.2, 0) is 6.54 Å². The van der Waals surface area contributed by atoms with Gasteiger partial charge in [-0.1, -0.05) is 32.9 Å². The number of carboxylic acid groups (broad SMARTS) is 1. The average Bonchev–Trinajstić information content (AvgIpc) is 2.83. The van der Waals surface area contributed by atoms with Crippen LogP contribution in [0.4, 0.5) is 4.79 Å². The summed E-state index contributed by atoms with van der Waals surface area (Å²) in [5.41, 5.74) is 1.92. The molecule has 2 bridgehead atoms. The maximum Gasteiger partial charge on any atom is 0.407 e. The smallest absolute Gasteiger partial charge is 0.407 e. The number of amides is 2. The molecule has 2 amide bonds. The molecule has 148 valence electrons. The van der Waals surface area contributed by atoms with E-state index in [1.807, 2.05) is 4.90 Å². The molecule has 6 nitrogen and oxygen atoms in total. The Labute approximate surface area is 160 Å². The number of aliphatic hydroxyl groups is 1. The van der Waals surface area contributed by atoms with Crippen molar-refractivity contribution < 1.29 is 19.8 Å². The molecule has 6 heteroatoms. The molecule has 27 heavy (non-hydrogen) atoms. The third kappa shape index (κ3) is 4.26. The van der Waals surface area contributed by atoms with Gasteiger partial charge in [-0.3, -0.25) is 4.79 Å². The number of benzene rings is 1. The molecule has 1 saturated heterocycles. The fraction of sp³-hybridized carbons (Fsp3) is 0.619. The molecule has 2 N–H and O–H groups in total. The molecule has 1 saturated carbocycles. The van der Waals surface area contributed by atoms with Crippen LogP contribution < -0.4 is 0 Å². The van der Waals surface area contributed by atoms with Crippen LogP contribution in [0, 0.1) is 10.8 Å². The highest BCUT2D eigenvalue weighted by molar-refractivity contribution is 5.94. The first-order chi connectivity index (χ1) is 12.6. The summed E-state index contributed by atoms with van der Waals surface area (Å²) >= 11 is 0. The third-order valence-corrected chi connectivity index (χ3v) is 5.89. The van der Waals surface area contributed by atoms with Gasteiger partial charge in [0.2, 0.25) is 0 Å². The Kier molecular flexibility index (Phi) is 5.21. The summed E-state index contributed by atoms with van der Waals surface area (Å²) in [6, 6.07) is 7.47. The summed E-state index contributed by atoms with van der Waals surface area (Å²) in [6.07, 6.45) is 2.20. The zero-order chi connectivity index (χ0) is 19.8. The van der Waals surface area contributed by atoms with E-state index in [0.29, 0.717) is 11.6 Å². The van der Waals surface area contributed by atoms with Crippen LogP contribution >= 0.6 is 0 Å². The van der Waals surface area contributed by atoms with Crippen LogP contribution in [-0.4, -0.2) is 57.8 Å². The molecule has 1 aromatic rings. The lowest BCUT2D eigenvalue weighted by molar-refractivity contribution is 0.0708. The minimum absolute atomic E-state index is 0.0680. The maximum atomic E-state index is 13.1. The maximum absolute atomic E-state index is 13.1. The van der Waals surface area contributed by atoms with Crippen LogP contribution in [0.3, 0.4) is 0 Å². The van der Waals surface area contributed by atoms with Gasteiger partial charge in [-0.05, 0) is 47.8 Å². The fourth-order valence-corrected chi connectivity index (χ4v) is 5.20. The lowest BCUT2D eigenvalue weighted by atomic mass is 9.65. The SMILES string of the molecule is CC1(C)CC2CC(C)(CN2C(=O)c2ccc(CN(CCO)C(=O)O)cc2)C1. The van der Waals surface area contributed by atoms with E-state index in [0.717, 1.165) is 36.3 Å². The van der Waals surface area contributed by atoms with Crippen LogP contribution in [0.5, 0.6) is 0 Å². The number of likely N-dealkylation sites (tertiary alicyclic amines) is 1. The molecule has 2 unspecified atom stereocenters. The largest absolute Gasteiger partial charge is 0.465 e. The first kappa shape index (κ1) is 19.7. The van der Waals surface area contributed by atoms with E-state index in [1.165, 1.54) is 0 Å². The normalized spacial score (nSPS) is 26.1. The molecule has 3 rings (SSSR count). The van der Waals surface area contributed by atoms with Crippen molar-refractivity contribution in [2.24, 2.45) is 10.8 Å². The van der Waals surface area contributed by atoms with Crippen molar-refractivity contribution in [1.82, 2.24) is 9.80 Å². The zero-order valence-corrected chi connectivity index (χ0v) is 16.4. The van der Waals surface area contributed by atoms with Gasteiger partial charge >= 0.3 is 6.09 Å². The zero-order valence-electron chi connectivity index (χ0n) is 16.4. The van der Waals surface area contributed by atoms with Crippen molar-refractivity contribution in [3.8, 4) is 0 Å². The predicted octanol–water partition coefficient (Wildman–Crippen LogP) is 3.20. The summed E-state index contributed by atoms with van der Waals surface area (Å²) < 4.78 is 0. The van der Waals surface area contributed by atoms with Gasteiger partial charge in [0.15, 0.2) is 0 Å². The van der Waals surface area contributed by atoms with Crippen LogP contribution in [0.15, 0.2) is 24.3 Å². The second-order valence-electron chi connectivity index (χ2n) is 9.27. The number of hydrogen-bond acceptors (Lipinski definition) is 3. The van der Waals surface area contributed by atoms with Gasteiger partial charge in [0.05, 0.1) is 6.61 Å². The molecule has 2 aliphatic rings. The van der Waals surface area contributed by atoms with E-state index in [4.69, 9.17) is 10.2 Å². The van der Waals surface area contributed by atoms with Gasteiger partial charge in [0.1, 0.15) is 0 Å². The summed E-state index contributed by atoms with van der Waals surface area (Å²) in [7, 11) is 0. The van der Waals surface area contributed by atoms with Crippen LogP contribution in [0.25, 0.3) is 0 Å². The molecular weight excluding hydrogens is 344 g/mol. The van der Waals surface area contributed by atoms with Gasteiger partial charge in [0.25, 0.3) is 5.91 Å².